The van der Waals surface area contributed by atoms with E-state index in [9.17, 15) is 4.79 Å². The lowest BCUT2D eigenvalue weighted by Crippen LogP contribution is -2.33. The fourth-order valence-corrected chi connectivity index (χ4v) is 4.00. The highest BCUT2D eigenvalue weighted by molar-refractivity contribution is 9.10. The number of benzene rings is 2. The lowest BCUT2D eigenvalue weighted by Gasteiger charge is -2.32. The Morgan fingerprint density at radius 2 is 1.86 bits per heavy atom. The third kappa shape index (κ3) is 5.80. The topological polar surface area (TPSA) is 44.1 Å². The van der Waals surface area contributed by atoms with Gasteiger partial charge in [-0.3, -0.25) is 4.79 Å². The van der Waals surface area contributed by atoms with E-state index in [-0.39, 0.29) is 23.8 Å². The van der Waals surface area contributed by atoms with Crippen molar-refractivity contribution < 1.29 is 9.53 Å². The first-order chi connectivity index (χ1) is 14.1. The number of imidazole rings is 1. The van der Waals surface area contributed by atoms with Gasteiger partial charge in [-0.2, -0.15) is 0 Å². The number of ketones is 1. The van der Waals surface area contributed by atoms with E-state index in [1.54, 1.807) is 6.20 Å². The van der Waals surface area contributed by atoms with Crippen LogP contribution in [0.2, 0.25) is 0 Å². The summed E-state index contributed by atoms with van der Waals surface area (Å²) in [5, 5.41) is 0. The van der Waals surface area contributed by atoms with Crippen molar-refractivity contribution in [3.8, 4) is 5.75 Å². The van der Waals surface area contributed by atoms with Gasteiger partial charge in [0.2, 0.25) is 0 Å². The van der Waals surface area contributed by atoms with Crippen LogP contribution in [0.25, 0.3) is 0 Å². The largest absolute Gasteiger partial charge is 0.490 e. The molecule has 0 saturated carbocycles. The molecule has 3 atom stereocenters. The van der Waals surface area contributed by atoms with E-state index >= 15 is 0 Å². The number of carbonyl (C=O) groups is 1. The molecule has 3 unspecified atom stereocenters. The molecule has 0 N–H and O–H groups in total. The van der Waals surface area contributed by atoms with E-state index < -0.39 is 0 Å². The average Bonchev–Trinajstić information content (AvgIpc) is 3.27. The first-order valence-corrected chi connectivity index (χ1v) is 10.9. The maximum Gasteiger partial charge on any atom is 0.163 e. The molecule has 3 rings (SSSR count). The molecule has 1 heterocycles. The Bertz CT molecular complexity index is 879. The minimum atomic E-state index is -0.136. The second-order valence-electron chi connectivity index (χ2n) is 7.30. The van der Waals surface area contributed by atoms with Crippen LogP contribution in [-0.4, -0.2) is 21.4 Å². The first kappa shape index (κ1) is 21.3. The van der Waals surface area contributed by atoms with Crippen molar-refractivity contribution in [2.45, 2.75) is 45.3 Å². The van der Waals surface area contributed by atoms with Gasteiger partial charge >= 0.3 is 0 Å². The molecule has 0 aliphatic carbocycles. The number of Topliss-reactive ketones (excluding diaryl/α,β-unsaturated/α-hetero) is 1. The van der Waals surface area contributed by atoms with Crippen LogP contribution < -0.4 is 4.74 Å². The molecule has 1 aromatic heterocycles. The van der Waals surface area contributed by atoms with Gasteiger partial charge in [-0.25, -0.2) is 4.98 Å². The second kappa shape index (κ2) is 10.4. The van der Waals surface area contributed by atoms with Crippen molar-refractivity contribution in [3.05, 3.63) is 83.4 Å². The predicted molar refractivity (Wildman–Crippen MR) is 119 cm³/mol. The number of halogens is 1. The SMILES string of the molecule is CCCC(C(CC(=O)c1ccccc1)C(C)Oc1ccc(Br)cc1)n1ccnc1. The van der Waals surface area contributed by atoms with Crippen LogP contribution in [0.3, 0.4) is 0 Å². The third-order valence-corrected chi connectivity index (χ3v) is 5.77. The fourth-order valence-electron chi connectivity index (χ4n) is 3.73. The molecule has 0 spiro atoms. The summed E-state index contributed by atoms with van der Waals surface area (Å²) < 4.78 is 9.42. The summed E-state index contributed by atoms with van der Waals surface area (Å²) in [7, 11) is 0. The van der Waals surface area contributed by atoms with Gasteiger partial charge in [-0.05, 0) is 37.6 Å². The Hall–Kier alpha value is -2.40. The third-order valence-electron chi connectivity index (χ3n) is 5.24. The second-order valence-corrected chi connectivity index (χ2v) is 8.22. The summed E-state index contributed by atoms with van der Waals surface area (Å²) in [6.07, 6.45) is 7.87. The van der Waals surface area contributed by atoms with Gasteiger partial charge in [0.25, 0.3) is 0 Å². The Morgan fingerprint density at radius 3 is 2.48 bits per heavy atom. The lowest BCUT2D eigenvalue weighted by atomic mass is 9.85. The Labute approximate surface area is 181 Å². The average molecular weight is 455 g/mol. The van der Waals surface area contributed by atoms with Gasteiger partial charge < -0.3 is 9.30 Å². The summed E-state index contributed by atoms with van der Waals surface area (Å²) >= 11 is 3.46. The molecule has 2 aromatic carbocycles. The maximum atomic E-state index is 13.0. The van der Waals surface area contributed by atoms with Gasteiger partial charge in [0.15, 0.2) is 5.78 Å². The van der Waals surface area contributed by atoms with E-state index in [0.29, 0.717) is 6.42 Å². The van der Waals surface area contributed by atoms with Crippen LogP contribution in [0, 0.1) is 5.92 Å². The molecule has 5 heteroatoms. The highest BCUT2D eigenvalue weighted by Crippen LogP contribution is 2.33. The van der Waals surface area contributed by atoms with E-state index in [1.165, 1.54) is 0 Å². The van der Waals surface area contributed by atoms with Crippen molar-refractivity contribution in [3.63, 3.8) is 0 Å². The minimum absolute atomic E-state index is 0.0144. The van der Waals surface area contributed by atoms with Crippen LogP contribution >= 0.6 is 15.9 Å². The zero-order valence-electron chi connectivity index (χ0n) is 16.9. The quantitative estimate of drug-likeness (QED) is 0.335. The van der Waals surface area contributed by atoms with Gasteiger partial charge in [-0.15, -0.1) is 0 Å². The summed E-state index contributed by atoms with van der Waals surface area (Å²) in [6, 6.07) is 17.5. The van der Waals surface area contributed by atoms with Crippen molar-refractivity contribution in [2.75, 3.05) is 0 Å². The van der Waals surface area contributed by atoms with Crippen molar-refractivity contribution in [1.29, 1.82) is 0 Å². The molecule has 0 radical (unpaired) electrons. The Kier molecular flexibility index (Phi) is 7.64. The van der Waals surface area contributed by atoms with Gasteiger partial charge in [0.1, 0.15) is 11.9 Å². The number of nitrogens with zero attached hydrogens (tertiary/aromatic N) is 2. The van der Waals surface area contributed by atoms with Crippen molar-refractivity contribution in [1.82, 2.24) is 9.55 Å². The number of ether oxygens (including phenoxy) is 1. The first-order valence-electron chi connectivity index (χ1n) is 10.1. The molecule has 0 fully saturated rings. The number of carbonyl (C=O) groups excluding carboxylic acids is 1. The van der Waals surface area contributed by atoms with Crippen LogP contribution in [0.4, 0.5) is 0 Å². The molecule has 0 saturated heterocycles. The molecule has 4 nitrogen and oxygen atoms in total. The number of rotatable bonds is 10. The predicted octanol–water partition coefficient (Wildman–Crippen LogP) is 6.34. The molecular weight excluding hydrogens is 428 g/mol. The van der Waals surface area contributed by atoms with Crippen molar-refractivity contribution in [2.24, 2.45) is 5.92 Å². The van der Waals surface area contributed by atoms with Crippen LogP contribution in [0.15, 0.2) is 77.8 Å². The molecular formula is C24H27BrN2O2. The molecule has 152 valence electrons. The zero-order chi connectivity index (χ0) is 20.6. The summed E-state index contributed by atoms with van der Waals surface area (Å²) in [5.41, 5.74) is 0.745. The molecule has 3 aromatic rings. The van der Waals surface area contributed by atoms with Gasteiger partial charge in [0, 0.05) is 40.8 Å². The molecule has 0 bridgehead atoms. The number of hydrogen-bond acceptors (Lipinski definition) is 3. The monoisotopic (exact) mass is 454 g/mol. The molecule has 0 aliphatic heterocycles. The minimum Gasteiger partial charge on any atom is -0.490 e. The van der Waals surface area contributed by atoms with Crippen LogP contribution in [0.1, 0.15) is 49.5 Å². The molecule has 0 amide bonds. The number of hydrogen-bond donors (Lipinski definition) is 0. The maximum absolute atomic E-state index is 13.0. The fraction of sp³-hybridized carbons (Fsp3) is 0.333. The Balaban J connectivity index is 1.86. The Morgan fingerprint density at radius 1 is 1.14 bits per heavy atom. The van der Waals surface area contributed by atoms with E-state index in [1.807, 2.05) is 67.1 Å². The van der Waals surface area contributed by atoms with Gasteiger partial charge in [-0.1, -0.05) is 59.6 Å². The lowest BCUT2D eigenvalue weighted by molar-refractivity contribution is 0.0768. The highest BCUT2D eigenvalue weighted by atomic mass is 79.9. The highest BCUT2D eigenvalue weighted by Gasteiger charge is 2.31. The summed E-state index contributed by atoms with van der Waals surface area (Å²) in [6.45, 7) is 4.23. The van der Waals surface area contributed by atoms with Gasteiger partial charge in [0.05, 0.1) is 6.33 Å². The zero-order valence-corrected chi connectivity index (χ0v) is 18.5. The smallest absolute Gasteiger partial charge is 0.163 e. The van der Waals surface area contributed by atoms with E-state index in [0.717, 1.165) is 28.6 Å². The molecule has 29 heavy (non-hydrogen) atoms. The number of aromatic nitrogens is 2. The van der Waals surface area contributed by atoms with Crippen LogP contribution in [-0.2, 0) is 0 Å². The van der Waals surface area contributed by atoms with Crippen LogP contribution in [0.5, 0.6) is 5.75 Å². The standard InChI is InChI=1S/C24H27BrN2O2/c1-3-7-23(27-15-14-26-17-27)22(16-24(28)19-8-5-4-6-9-19)18(2)29-21-12-10-20(25)11-13-21/h4-6,8-15,17-18,22-23H,3,7,16H2,1-2H3. The van der Waals surface area contributed by atoms with E-state index in [4.69, 9.17) is 4.74 Å². The summed E-state index contributed by atoms with van der Waals surface area (Å²) in [5.74, 6) is 0.960. The normalized spacial score (nSPS) is 14.2. The summed E-state index contributed by atoms with van der Waals surface area (Å²) in [4.78, 5) is 17.3. The molecule has 0 aliphatic rings. The van der Waals surface area contributed by atoms with Crippen molar-refractivity contribution >= 4 is 21.7 Å². The van der Waals surface area contributed by atoms with E-state index in [2.05, 4.69) is 39.3 Å².